The minimum Gasteiger partial charge on any atom is -0.340 e. The number of benzene rings is 2. The SMILES string of the molecule is CON(C)C(=O)c1cn(Cc2cccc(C)n2)c2ccccc2c1=O.Cc1ccc(C(=O)c2cn(Cc3cccc(C)n3)c3ccccc3c2=O)nc1. The van der Waals surface area contributed by atoms with Gasteiger partial charge in [0.15, 0.2) is 0 Å². The number of pyridine rings is 5. The number of para-hydroxylation sites is 2. The molecule has 0 radical (unpaired) electrons. The van der Waals surface area contributed by atoms with Gasteiger partial charge in [0.1, 0.15) is 11.3 Å². The number of rotatable bonds is 8. The van der Waals surface area contributed by atoms with Crippen LogP contribution in [0.4, 0.5) is 0 Å². The van der Waals surface area contributed by atoms with Crippen molar-refractivity contribution in [2.75, 3.05) is 14.2 Å². The van der Waals surface area contributed by atoms with Crippen LogP contribution in [-0.2, 0) is 17.9 Å². The van der Waals surface area contributed by atoms with Crippen LogP contribution < -0.4 is 10.9 Å². The Bertz CT molecular complexity index is 2590. The van der Waals surface area contributed by atoms with Gasteiger partial charge in [0.2, 0.25) is 16.6 Å². The maximum absolute atomic E-state index is 13.0. The Morgan fingerprint density at radius 2 is 1.17 bits per heavy atom. The van der Waals surface area contributed by atoms with Crippen LogP contribution in [0.3, 0.4) is 0 Å². The van der Waals surface area contributed by atoms with Gasteiger partial charge >= 0.3 is 0 Å². The quantitative estimate of drug-likeness (QED) is 0.138. The van der Waals surface area contributed by atoms with Crippen LogP contribution >= 0.6 is 0 Å². The van der Waals surface area contributed by atoms with E-state index in [1.54, 1.807) is 48.9 Å². The molecule has 2 aromatic carbocycles. The van der Waals surface area contributed by atoms with Crippen molar-refractivity contribution in [2.45, 2.75) is 33.9 Å². The molecule has 7 rings (SSSR count). The van der Waals surface area contributed by atoms with Crippen LogP contribution in [-0.4, -0.2) is 55.0 Å². The number of hydrogen-bond acceptors (Lipinski definition) is 8. The standard InChI is InChI=1S/C23H19N3O2.C19H19N3O3/c1-15-10-11-20(24-12-15)23(28)19-14-26(13-17-7-5-6-16(2)25-17)21-9-4-3-8-18(21)22(19)27;1-13-7-6-8-14(20-13)11-22-12-16(19(24)21(2)25-3)18(23)15-9-4-5-10-17(15)22/h3-12,14H,13H2,1-2H3;4-10,12H,11H2,1-3H3. The van der Waals surface area contributed by atoms with E-state index >= 15 is 0 Å². The highest BCUT2D eigenvalue weighted by atomic mass is 16.7. The molecule has 0 aliphatic heterocycles. The van der Waals surface area contributed by atoms with Crippen molar-refractivity contribution in [3.63, 3.8) is 0 Å². The Balaban J connectivity index is 0.000000183. The van der Waals surface area contributed by atoms with Crippen molar-refractivity contribution < 1.29 is 14.4 Å². The summed E-state index contributed by atoms with van der Waals surface area (Å²) >= 11 is 0. The molecule has 53 heavy (non-hydrogen) atoms. The molecule has 11 nitrogen and oxygen atoms in total. The summed E-state index contributed by atoms with van der Waals surface area (Å²) in [6, 6.07) is 29.6. The lowest BCUT2D eigenvalue weighted by molar-refractivity contribution is -0.0758. The first-order valence-corrected chi connectivity index (χ1v) is 16.9. The van der Waals surface area contributed by atoms with E-state index < -0.39 is 5.91 Å². The molecule has 0 aliphatic rings. The monoisotopic (exact) mass is 706 g/mol. The molecule has 11 heteroatoms. The van der Waals surface area contributed by atoms with Crippen LogP contribution in [0.1, 0.15) is 54.7 Å². The summed E-state index contributed by atoms with van der Waals surface area (Å²) in [6.07, 6.45) is 4.83. The fraction of sp³-hybridized carbons (Fsp3) is 0.167. The molecule has 0 bridgehead atoms. The number of hydroxylamine groups is 2. The highest BCUT2D eigenvalue weighted by molar-refractivity contribution is 6.09. The normalized spacial score (nSPS) is 10.9. The van der Waals surface area contributed by atoms with Crippen molar-refractivity contribution in [1.82, 2.24) is 29.1 Å². The summed E-state index contributed by atoms with van der Waals surface area (Å²) in [5, 5.41) is 2.04. The summed E-state index contributed by atoms with van der Waals surface area (Å²) in [4.78, 5) is 69.3. The van der Waals surface area contributed by atoms with Gasteiger partial charge in [0.25, 0.3) is 5.91 Å². The Morgan fingerprint density at radius 1 is 0.660 bits per heavy atom. The maximum Gasteiger partial charge on any atom is 0.282 e. The lowest BCUT2D eigenvalue weighted by Gasteiger charge is -2.16. The van der Waals surface area contributed by atoms with Gasteiger partial charge in [-0.15, -0.1) is 0 Å². The molecule has 0 spiro atoms. The first kappa shape index (κ1) is 36.2. The Morgan fingerprint density at radius 3 is 1.66 bits per heavy atom. The molecule has 0 saturated heterocycles. The van der Waals surface area contributed by atoms with E-state index in [0.29, 0.717) is 23.9 Å². The van der Waals surface area contributed by atoms with E-state index in [9.17, 15) is 19.2 Å². The van der Waals surface area contributed by atoms with Gasteiger partial charge in [-0.2, -0.15) is 0 Å². The fourth-order valence-electron chi connectivity index (χ4n) is 5.98. The second-order valence-electron chi connectivity index (χ2n) is 12.6. The molecule has 0 atom stereocenters. The fourth-order valence-corrected chi connectivity index (χ4v) is 5.98. The number of nitrogens with zero attached hydrogens (tertiary/aromatic N) is 6. The van der Waals surface area contributed by atoms with Gasteiger partial charge in [0, 0.05) is 47.8 Å². The third-order valence-corrected chi connectivity index (χ3v) is 8.71. The second-order valence-corrected chi connectivity index (χ2v) is 12.6. The molecule has 0 N–H and O–H groups in total. The predicted octanol–water partition coefficient (Wildman–Crippen LogP) is 6.07. The Hall–Kier alpha value is -6.59. The number of carbonyl (C=O) groups excluding carboxylic acids is 2. The number of amides is 1. The summed E-state index contributed by atoms with van der Waals surface area (Å²) in [5.74, 6) is -0.856. The van der Waals surface area contributed by atoms with E-state index in [1.807, 2.05) is 96.6 Å². The molecule has 0 aliphatic carbocycles. The predicted molar refractivity (Wildman–Crippen MR) is 204 cm³/mol. The lowest BCUT2D eigenvalue weighted by atomic mass is 10.1. The zero-order valence-corrected chi connectivity index (χ0v) is 30.1. The smallest absolute Gasteiger partial charge is 0.282 e. The summed E-state index contributed by atoms with van der Waals surface area (Å²) in [6.45, 7) is 6.68. The highest BCUT2D eigenvalue weighted by Gasteiger charge is 2.20. The first-order chi connectivity index (χ1) is 25.5. The lowest BCUT2D eigenvalue weighted by Crippen LogP contribution is -2.31. The van der Waals surface area contributed by atoms with Crippen LogP contribution in [0.25, 0.3) is 21.8 Å². The Kier molecular flexibility index (Phi) is 10.8. The summed E-state index contributed by atoms with van der Waals surface area (Å²) < 4.78 is 3.77. The number of hydrogen-bond donors (Lipinski definition) is 0. The van der Waals surface area contributed by atoms with E-state index in [-0.39, 0.29) is 33.5 Å². The van der Waals surface area contributed by atoms with Crippen molar-refractivity contribution in [1.29, 1.82) is 0 Å². The van der Waals surface area contributed by atoms with Gasteiger partial charge in [-0.25, -0.2) is 5.06 Å². The second kappa shape index (κ2) is 15.7. The van der Waals surface area contributed by atoms with E-state index in [2.05, 4.69) is 15.0 Å². The summed E-state index contributed by atoms with van der Waals surface area (Å²) in [7, 11) is 2.86. The average molecular weight is 707 g/mol. The van der Waals surface area contributed by atoms with Crippen LogP contribution in [0.15, 0.2) is 125 Å². The van der Waals surface area contributed by atoms with Crippen LogP contribution in [0.5, 0.6) is 0 Å². The van der Waals surface area contributed by atoms with Crippen molar-refractivity contribution in [3.05, 3.63) is 181 Å². The zero-order chi connectivity index (χ0) is 37.6. The number of carbonyl (C=O) groups is 2. The van der Waals surface area contributed by atoms with E-state index in [1.165, 1.54) is 14.2 Å². The molecule has 0 unspecified atom stereocenters. The molecular formula is C42H38N6O5. The highest BCUT2D eigenvalue weighted by Crippen LogP contribution is 2.17. The number of ketones is 1. The summed E-state index contributed by atoms with van der Waals surface area (Å²) in [5.41, 5.74) is 5.88. The number of aromatic nitrogens is 5. The van der Waals surface area contributed by atoms with Gasteiger partial charge in [-0.3, -0.25) is 39.0 Å². The van der Waals surface area contributed by atoms with E-state index in [0.717, 1.165) is 44.4 Å². The number of fused-ring (bicyclic) bond motifs is 2. The van der Waals surface area contributed by atoms with Gasteiger partial charge in [-0.1, -0.05) is 42.5 Å². The molecule has 1 amide bonds. The third-order valence-electron chi connectivity index (χ3n) is 8.71. The first-order valence-electron chi connectivity index (χ1n) is 16.9. The molecule has 7 aromatic rings. The zero-order valence-electron chi connectivity index (χ0n) is 30.1. The maximum atomic E-state index is 13.0. The van der Waals surface area contributed by atoms with Gasteiger partial charge in [-0.05, 0) is 80.9 Å². The van der Waals surface area contributed by atoms with Gasteiger partial charge < -0.3 is 9.13 Å². The Labute approximate surface area is 305 Å². The molecule has 0 fully saturated rings. The minimum atomic E-state index is -0.482. The third kappa shape index (κ3) is 8.00. The van der Waals surface area contributed by atoms with Crippen LogP contribution in [0, 0.1) is 20.8 Å². The molecular weight excluding hydrogens is 668 g/mol. The topological polar surface area (TPSA) is 129 Å². The minimum absolute atomic E-state index is 0.0655. The van der Waals surface area contributed by atoms with Crippen molar-refractivity contribution in [2.24, 2.45) is 0 Å². The number of aryl methyl sites for hydroxylation is 3. The van der Waals surface area contributed by atoms with E-state index in [4.69, 9.17) is 4.84 Å². The van der Waals surface area contributed by atoms with Crippen molar-refractivity contribution in [3.8, 4) is 0 Å². The molecule has 5 heterocycles. The molecule has 0 saturated carbocycles. The largest absolute Gasteiger partial charge is 0.340 e. The van der Waals surface area contributed by atoms with Crippen LogP contribution in [0.2, 0.25) is 0 Å². The molecule has 266 valence electrons. The van der Waals surface area contributed by atoms with Gasteiger partial charge in [0.05, 0.1) is 48.2 Å². The van der Waals surface area contributed by atoms with Crippen molar-refractivity contribution >= 4 is 33.5 Å². The average Bonchev–Trinajstić information content (AvgIpc) is 3.17. The molecule has 5 aromatic heterocycles.